The van der Waals surface area contributed by atoms with Gasteiger partial charge < -0.3 is 25.0 Å². The first-order chi connectivity index (χ1) is 15.9. The molecule has 1 saturated heterocycles. The van der Waals surface area contributed by atoms with Crippen LogP contribution in [-0.4, -0.2) is 48.4 Å². The highest BCUT2D eigenvalue weighted by atomic mass is 16.7. The number of carbonyl (C=O) groups is 3. The number of carbonyl (C=O) groups excluding carboxylic acids is 3. The van der Waals surface area contributed by atoms with Crippen molar-refractivity contribution in [2.45, 2.75) is 32.7 Å². The van der Waals surface area contributed by atoms with Gasteiger partial charge in [0.15, 0.2) is 17.3 Å². The summed E-state index contributed by atoms with van der Waals surface area (Å²) in [6, 6.07) is 10.9. The number of anilines is 1. The molecule has 0 bridgehead atoms. The van der Waals surface area contributed by atoms with E-state index in [2.05, 4.69) is 10.6 Å². The highest BCUT2D eigenvalue weighted by Crippen LogP contribution is 2.40. The largest absolute Gasteiger partial charge is 0.454 e. The average molecular weight is 447 g/mol. The molecule has 0 aliphatic carbocycles. The molecule has 2 N–H and O–H groups in total. The number of likely N-dealkylation sites (tertiary alicyclic amines) is 1. The molecule has 8 heteroatoms. The fraction of sp³-hybridized carbons (Fsp3) is 0.320. The third kappa shape index (κ3) is 3.92. The lowest BCUT2D eigenvalue weighted by Gasteiger charge is -2.33. The van der Waals surface area contributed by atoms with Crippen molar-refractivity contribution in [3.05, 3.63) is 53.1 Å². The fourth-order valence-electron chi connectivity index (χ4n) is 4.53. The number of nitrogens with one attached hydrogen (secondary N) is 2. The second-order valence-electron chi connectivity index (χ2n) is 8.51. The van der Waals surface area contributed by atoms with Gasteiger partial charge in [-0.15, -0.1) is 0 Å². The van der Waals surface area contributed by atoms with Crippen molar-refractivity contribution in [2.75, 3.05) is 25.2 Å². The molecule has 0 radical (unpaired) electrons. The molecule has 3 heterocycles. The normalized spacial score (nSPS) is 18.6. The Kier molecular flexibility index (Phi) is 5.28. The van der Waals surface area contributed by atoms with E-state index in [9.17, 15) is 14.4 Å². The topological polar surface area (TPSA) is 97.0 Å². The summed E-state index contributed by atoms with van der Waals surface area (Å²) in [6.07, 6.45) is 1.53. The Morgan fingerprint density at radius 2 is 1.73 bits per heavy atom. The Morgan fingerprint density at radius 1 is 1.00 bits per heavy atom. The Balaban J connectivity index is 1.58. The molecule has 2 amide bonds. The summed E-state index contributed by atoms with van der Waals surface area (Å²) in [4.78, 5) is 38.7. The summed E-state index contributed by atoms with van der Waals surface area (Å²) in [7, 11) is 0. The van der Waals surface area contributed by atoms with Crippen LogP contribution in [0.15, 0.2) is 36.4 Å². The lowest BCUT2D eigenvalue weighted by atomic mass is 9.96. The lowest BCUT2D eigenvalue weighted by Crippen LogP contribution is -2.43. The van der Waals surface area contributed by atoms with Crippen LogP contribution in [0.2, 0.25) is 0 Å². The van der Waals surface area contributed by atoms with E-state index in [1.54, 1.807) is 25.1 Å². The average Bonchev–Trinajstić information content (AvgIpc) is 3.40. The van der Waals surface area contributed by atoms with Crippen LogP contribution >= 0.6 is 0 Å². The maximum atomic E-state index is 13.1. The molecule has 2 aromatic carbocycles. The van der Waals surface area contributed by atoms with E-state index < -0.39 is 0 Å². The van der Waals surface area contributed by atoms with Gasteiger partial charge in [0, 0.05) is 48.4 Å². The molecule has 5 rings (SSSR count). The summed E-state index contributed by atoms with van der Waals surface area (Å²) < 4.78 is 11.0. The molecule has 0 spiro atoms. The fourth-order valence-corrected chi connectivity index (χ4v) is 4.53. The zero-order valence-corrected chi connectivity index (χ0v) is 18.6. The number of piperidine rings is 1. The van der Waals surface area contributed by atoms with Gasteiger partial charge in [-0.1, -0.05) is 0 Å². The number of Topliss-reactive ketones (excluding diaryl/α,β-unsaturated/α-hetero) is 1. The number of hydrogen-bond acceptors (Lipinski definition) is 6. The monoisotopic (exact) mass is 447 g/mol. The molecule has 170 valence electrons. The van der Waals surface area contributed by atoms with Gasteiger partial charge in [0.1, 0.15) is 0 Å². The van der Waals surface area contributed by atoms with E-state index in [0.29, 0.717) is 52.7 Å². The quantitative estimate of drug-likeness (QED) is 0.552. The predicted molar refractivity (Wildman–Crippen MR) is 123 cm³/mol. The first kappa shape index (κ1) is 21.1. The zero-order chi connectivity index (χ0) is 23.1. The van der Waals surface area contributed by atoms with Crippen LogP contribution in [-0.2, 0) is 9.59 Å². The highest BCUT2D eigenvalue weighted by molar-refractivity contribution is 6.36. The summed E-state index contributed by atoms with van der Waals surface area (Å²) in [6.45, 7) is 4.57. The van der Waals surface area contributed by atoms with Gasteiger partial charge in [0.2, 0.25) is 12.7 Å². The molecule has 0 atom stereocenters. The van der Waals surface area contributed by atoms with Gasteiger partial charge in [-0.05, 0) is 56.2 Å². The van der Waals surface area contributed by atoms with Crippen molar-refractivity contribution in [3.8, 4) is 11.5 Å². The molecular weight excluding hydrogens is 422 g/mol. The molecule has 3 aliphatic rings. The van der Waals surface area contributed by atoms with E-state index in [0.717, 1.165) is 18.4 Å². The minimum atomic E-state index is -0.230. The maximum absolute atomic E-state index is 13.1. The van der Waals surface area contributed by atoms with Crippen LogP contribution in [0.4, 0.5) is 5.69 Å². The number of rotatable bonds is 4. The van der Waals surface area contributed by atoms with Gasteiger partial charge in [-0.2, -0.15) is 0 Å². The van der Waals surface area contributed by atoms with Gasteiger partial charge >= 0.3 is 0 Å². The smallest absolute Gasteiger partial charge is 0.258 e. The predicted octanol–water partition coefficient (Wildman–Crippen LogP) is 3.04. The summed E-state index contributed by atoms with van der Waals surface area (Å²) in [5.41, 5.74) is 3.86. The van der Waals surface area contributed by atoms with Gasteiger partial charge in [0.05, 0.1) is 11.3 Å². The second-order valence-corrected chi connectivity index (χ2v) is 8.51. The Morgan fingerprint density at radius 3 is 2.45 bits per heavy atom. The first-order valence-corrected chi connectivity index (χ1v) is 11.0. The van der Waals surface area contributed by atoms with Crippen LogP contribution in [0.1, 0.15) is 48.2 Å². The van der Waals surface area contributed by atoms with Crippen molar-refractivity contribution >= 4 is 34.6 Å². The van der Waals surface area contributed by atoms with Crippen molar-refractivity contribution in [2.24, 2.45) is 0 Å². The van der Waals surface area contributed by atoms with E-state index >= 15 is 0 Å². The first-order valence-electron chi connectivity index (χ1n) is 11.0. The number of ketones is 1. The number of fused-ring (bicyclic) bond motifs is 2. The minimum Gasteiger partial charge on any atom is -0.454 e. The Bertz CT molecular complexity index is 1190. The van der Waals surface area contributed by atoms with Crippen LogP contribution in [0.5, 0.6) is 11.5 Å². The molecule has 2 aromatic rings. The van der Waals surface area contributed by atoms with Crippen molar-refractivity contribution in [3.63, 3.8) is 0 Å². The summed E-state index contributed by atoms with van der Waals surface area (Å²) in [5.74, 6) is 1.06. The molecule has 0 saturated carbocycles. The zero-order valence-electron chi connectivity index (χ0n) is 18.6. The Hall–Kier alpha value is -3.81. The second kappa shape index (κ2) is 8.27. The molecule has 0 aromatic heterocycles. The molecule has 3 aliphatic heterocycles. The molecule has 1 fully saturated rings. The number of nitrogens with zero attached hydrogens (tertiary/aromatic N) is 1. The molecule has 8 nitrogen and oxygen atoms in total. The number of ether oxygens (including phenoxy) is 2. The number of benzene rings is 2. The number of amides is 2. The van der Waals surface area contributed by atoms with E-state index in [-0.39, 0.29) is 30.4 Å². The highest BCUT2D eigenvalue weighted by Gasteiger charge is 2.31. The molecule has 0 unspecified atom stereocenters. The third-order valence-corrected chi connectivity index (χ3v) is 6.37. The molecule has 33 heavy (non-hydrogen) atoms. The minimum absolute atomic E-state index is 0.0642. The van der Waals surface area contributed by atoms with Crippen LogP contribution in [0, 0.1) is 0 Å². The van der Waals surface area contributed by atoms with Crippen LogP contribution in [0.25, 0.3) is 11.3 Å². The van der Waals surface area contributed by atoms with Crippen molar-refractivity contribution < 1.29 is 23.9 Å². The molecular formula is C25H25N3O5. The van der Waals surface area contributed by atoms with Gasteiger partial charge in [-0.25, -0.2) is 0 Å². The third-order valence-electron chi connectivity index (χ3n) is 6.37. The standard InChI is InChI=1S/C25H25N3O5/c1-14(29)16-3-5-20-19(11-16)23(25(31)27-20)24(17-4-6-21-22(12-17)33-13-32-21)26-18-7-9-28(10-8-18)15(2)30/h3-6,11-12,18,26H,7-10,13H2,1-2H3,(H,27,31)/b24-23-. The maximum Gasteiger partial charge on any atom is 0.258 e. The lowest BCUT2D eigenvalue weighted by molar-refractivity contribution is -0.129. The summed E-state index contributed by atoms with van der Waals surface area (Å²) >= 11 is 0. The van der Waals surface area contributed by atoms with Gasteiger partial charge in [0.25, 0.3) is 5.91 Å². The van der Waals surface area contributed by atoms with Crippen molar-refractivity contribution in [1.29, 1.82) is 0 Å². The SMILES string of the molecule is CC(=O)c1ccc2c(c1)/C(=C(/NC1CCN(C(C)=O)CC1)c1ccc3c(c1)OCO3)C(=O)N2. The van der Waals surface area contributed by atoms with E-state index in [4.69, 9.17) is 9.47 Å². The van der Waals surface area contributed by atoms with Crippen molar-refractivity contribution in [1.82, 2.24) is 10.2 Å². The number of hydrogen-bond donors (Lipinski definition) is 2. The van der Waals surface area contributed by atoms with Crippen LogP contribution < -0.4 is 20.1 Å². The van der Waals surface area contributed by atoms with E-state index in [1.165, 1.54) is 6.92 Å². The van der Waals surface area contributed by atoms with Gasteiger partial charge in [-0.3, -0.25) is 14.4 Å². The summed E-state index contributed by atoms with van der Waals surface area (Å²) in [5, 5.41) is 6.50. The van der Waals surface area contributed by atoms with E-state index in [1.807, 2.05) is 23.1 Å². The van der Waals surface area contributed by atoms with Crippen LogP contribution in [0.3, 0.4) is 0 Å². The Labute approximate surface area is 191 Å².